The lowest BCUT2D eigenvalue weighted by molar-refractivity contribution is -0.141. The van der Waals surface area contributed by atoms with Crippen LogP contribution < -0.4 is 10.6 Å². The molecule has 1 aliphatic rings. The highest BCUT2D eigenvalue weighted by Crippen LogP contribution is 2.29. The van der Waals surface area contributed by atoms with Crippen molar-refractivity contribution in [2.24, 2.45) is 0 Å². The maximum absolute atomic E-state index is 12.8. The van der Waals surface area contributed by atoms with Crippen LogP contribution in [0.15, 0.2) is 24.3 Å². The zero-order valence-electron chi connectivity index (χ0n) is 17.0. The first-order valence-corrected chi connectivity index (χ1v) is 9.70. The van der Waals surface area contributed by atoms with Crippen LogP contribution in [0.3, 0.4) is 0 Å². The summed E-state index contributed by atoms with van der Waals surface area (Å²) in [5.74, 6) is -3.51. The van der Waals surface area contributed by atoms with E-state index in [1.165, 1.54) is 17.9 Å². The Labute approximate surface area is 180 Å². The molecule has 0 radical (unpaired) electrons. The van der Waals surface area contributed by atoms with Gasteiger partial charge in [0.05, 0.1) is 18.0 Å². The fourth-order valence-corrected chi connectivity index (χ4v) is 3.33. The molecule has 1 aromatic carbocycles. The van der Waals surface area contributed by atoms with Crippen molar-refractivity contribution in [3.63, 3.8) is 0 Å². The number of nitrogens with zero attached hydrogens (tertiary/aromatic N) is 1. The Morgan fingerprint density at radius 3 is 2.53 bits per heavy atom. The van der Waals surface area contributed by atoms with Gasteiger partial charge in [0, 0.05) is 12.1 Å². The first-order valence-electron chi connectivity index (χ1n) is 9.70. The van der Waals surface area contributed by atoms with Crippen LogP contribution in [0.2, 0.25) is 0 Å². The summed E-state index contributed by atoms with van der Waals surface area (Å²) in [6, 6.07) is 0.367. The minimum Gasteiger partial charge on any atom is -0.481 e. The van der Waals surface area contributed by atoms with E-state index in [4.69, 9.17) is 5.11 Å². The van der Waals surface area contributed by atoms with Gasteiger partial charge in [0.1, 0.15) is 18.4 Å². The van der Waals surface area contributed by atoms with Crippen molar-refractivity contribution in [2.75, 3.05) is 6.54 Å². The van der Waals surface area contributed by atoms with Crippen LogP contribution in [0.5, 0.6) is 0 Å². The van der Waals surface area contributed by atoms with E-state index >= 15 is 0 Å². The molecule has 2 rings (SSSR count). The molecule has 0 aliphatic carbocycles. The number of alkyl halides is 3. The Hall–Kier alpha value is -3.44. The Bertz CT molecular complexity index is 905. The summed E-state index contributed by atoms with van der Waals surface area (Å²) in [6.07, 6.45) is -4.23. The number of hydrogen-bond donors (Lipinski definition) is 3. The minimum absolute atomic E-state index is 0.186. The third kappa shape index (κ3) is 6.28. The topological polar surface area (TPSA) is 133 Å². The highest BCUT2D eigenvalue weighted by Gasteiger charge is 2.37. The lowest BCUT2D eigenvalue weighted by Crippen LogP contribution is -2.54. The Morgan fingerprint density at radius 1 is 1.25 bits per heavy atom. The molecule has 1 aromatic rings. The molecular weight excluding hydrogens is 435 g/mol. The summed E-state index contributed by atoms with van der Waals surface area (Å²) in [6.45, 7) is 1.52. The molecule has 3 N–H and O–H groups in total. The fourth-order valence-electron chi connectivity index (χ4n) is 3.33. The molecule has 1 heterocycles. The number of halogens is 3. The summed E-state index contributed by atoms with van der Waals surface area (Å²) in [7, 11) is 0. The molecule has 0 aromatic heterocycles. The molecule has 1 aliphatic heterocycles. The predicted molar refractivity (Wildman–Crippen MR) is 103 cm³/mol. The molecule has 1 fully saturated rings. The second-order valence-electron chi connectivity index (χ2n) is 7.31. The summed E-state index contributed by atoms with van der Waals surface area (Å²) in [5.41, 5.74) is -1.29. The first kappa shape index (κ1) is 24.8. The van der Waals surface area contributed by atoms with Gasteiger partial charge in [-0.2, -0.15) is 13.2 Å². The SMILES string of the molecule is CC(NC(=O)c1cccc(C(F)(F)F)c1)C(=O)N1CCCC1C(=O)NC(C=O)CC(=O)O. The van der Waals surface area contributed by atoms with E-state index < -0.39 is 60.0 Å². The van der Waals surface area contributed by atoms with Gasteiger partial charge in [-0.3, -0.25) is 19.2 Å². The number of amides is 3. The van der Waals surface area contributed by atoms with Crippen molar-refractivity contribution in [2.45, 2.75) is 50.5 Å². The molecular formula is C20H22F3N3O6. The molecule has 3 amide bonds. The normalized spacial score (nSPS) is 17.9. The maximum atomic E-state index is 12.8. The average Bonchev–Trinajstić information content (AvgIpc) is 3.21. The van der Waals surface area contributed by atoms with E-state index in [0.717, 1.165) is 12.1 Å². The van der Waals surface area contributed by atoms with Crippen LogP contribution in [0.25, 0.3) is 0 Å². The van der Waals surface area contributed by atoms with Crippen molar-refractivity contribution >= 4 is 30.0 Å². The largest absolute Gasteiger partial charge is 0.481 e. The van der Waals surface area contributed by atoms with Crippen LogP contribution in [0.4, 0.5) is 13.2 Å². The van der Waals surface area contributed by atoms with Gasteiger partial charge in [-0.15, -0.1) is 0 Å². The van der Waals surface area contributed by atoms with Crippen molar-refractivity contribution < 1.29 is 42.3 Å². The van der Waals surface area contributed by atoms with E-state index in [-0.39, 0.29) is 24.8 Å². The van der Waals surface area contributed by atoms with Crippen molar-refractivity contribution in [1.29, 1.82) is 0 Å². The van der Waals surface area contributed by atoms with Gasteiger partial charge in [0.2, 0.25) is 11.8 Å². The van der Waals surface area contributed by atoms with E-state index in [2.05, 4.69) is 10.6 Å². The van der Waals surface area contributed by atoms with Gasteiger partial charge in [-0.05, 0) is 38.0 Å². The number of carboxylic acids is 1. The molecule has 3 unspecified atom stereocenters. The Morgan fingerprint density at radius 2 is 1.94 bits per heavy atom. The summed E-state index contributed by atoms with van der Waals surface area (Å²) >= 11 is 0. The van der Waals surface area contributed by atoms with Gasteiger partial charge in [-0.25, -0.2) is 0 Å². The van der Waals surface area contributed by atoms with E-state index in [1.54, 1.807) is 0 Å². The lowest BCUT2D eigenvalue weighted by Gasteiger charge is -2.27. The van der Waals surface area contributed by atoms with Crippen molar-refractivity contribution in [3.05, 3.63) is 35.4 Å². The van der Waals surface area contributed by atoms with E-state index in [0.29, 0.717) is 12.5 Å². The zero-order chi connectivity index (χ0) is 24.1. The van der Waals surface area contributed by atoms with E-state index in [1.807, 2.05) is 0 Å². The lowest BCUT2D eigenvalue weighted by atomic mass is 10.1. The number of rotatable bonds is 8. The standard InChI is InChI=1S/C20H22F3N3O6/c1-11(24-17(30)12-4-2-5-13(8-12)20(21,22)23)19(32)26-7-3-6-15(26)18(31)25-14(10-27)9-16(28)29/h2,4-5,8,10-11,14-15H,3,6-7,9H2,1H3,(H,24,30)(H,25,31)(H,28,29). The maximum Gasteiger partial charge on any atom is 0.416 e. The molecule has 0 bridgehead atoms. The third-order valence-corrected chi connectivity index (χ3v) is 4.90. The van der Waals surface area contributed by atoms with Gasteiger partial charge < -0.3 is 25.4 Å². The van der Waals surface area contributed by atoms with Gasteiger partial charge >= 0.3 is 12.1 Å². The molecule has 1 saturated heterocycles. The van der Waals surface area contributed by atoms with Crippen LogP contribution in [0, 0.1) is 0 Å². The number of carbonyl (C=O) groups is 5. The number of nitrogens with one attached hydrogen (secondary N) is 2. The molecule has 9 nitrogen and oxygen atoms in total. The number of benzene rings is 1. The molecule has 0 saturated carbocycles. The Balaban J connectivity index is 2.04. The molecule has 0 spiro atoms. The van der Waals surface area contributed by atoms with Crippen LogP contribution >= 0.6 is 0 Å². The number of carbonyl (C=O) groups excluding carboxylic acids is 4. The monoisotopic (exact) mass is 457 g/mol. The predicted octanol–water partition coefficient (Wildman–Crippen LogP) is 0.973. The van der Waals surface area contributed by atoms with Gasteiger partial charge in [0.15, 0.2) is 0 Å². The second-order valence-corrected chi connectivity index (χ2v) is 7.31. The molecule has 12 heteroatoms. The van der Waals surface area contributed by atoms with Gasteiger partial charge in [0.25, 0.3) is 5.91 Å². The van der Waals surface area contributed by atoms with E-state index in [9.17, 15) is 37.1 Å². The van der Waals surface area contributed by atoms with Crippen molar-refractivity contribution in [3.8, 4) is 0 Å². The number of hydrogen-bond acceptors (Lipinski definition) is 5. The Kier molecular flexibility index (Phi) is 7.95. The smallest absolute Gasteiger partial charge is 0.416 e. The molecule has 174 valence electrons. The van der Waals surface area contributed by atoms with Crippen molar-refractivity contribution in [1.82, 2.24) is 15.5 Å². The molecule has 3 atom stereocenters. The minimum atomic E-state index is -4.63. The van der Waals surface area contributed by atoms with Crippen LogP contribution in [-0.2, 0) is 25.4 Å². The summed E-state index contributed by atoms with van der Waals surface area (Å²) in [4.78, 5) is 60.5. The van der Waals surface area contributed by atoms with Crippen LogP contribution in [0.1, 0.15) is 42.1 Å². The third-order valence-electron chi connectivity index (χ3n) is 4.90. The van der Waals surface area contributed by atoms with Crippen LogP contribution in [-0.4, -0.2) is 64.7 Å². The fraction of sp³-hybridized carbons (Fsp3) is 0.450. The number of aliphatic carboxylic acids is 1. The number of aldehydes is 1. The number of likely N-dealkylation sites (tertiary alicyclic amines) is 1. The first-order chi connectivity index (χ1) is 14.9. The second kappa shape index (κ2) is 10.2. The summed E-state index contributed by atoms with van der Waals surface area (Å²) < 4.78 is 38.5. The zero-order valence-corrected chi connectivity index (χ0v) is 17.0. The summed E-state index contributed by atoms with van der Waals surface area (Å²) in [5, 5.41) is 13.4. The highest BCUT2D eigenvalue weighted by atomic mass is 19.4. The average molecular weight is 457 g/mol. The van der Waals surface area contributed by atoms with Gasteiger partial charge in [-0.1, -0.05) is 6.07 Å². The molecule has 32 heavy (non-hydrogen) atoms. The highest BCUT2D eigenvalue weighted by molar-refractivity contribution is 5.98. The number of carboxylic acid groups (broad SMARTS) is 1. The quantitative estimate of drug-likeness (QED) is 0.499.